The summed E-state index contributed by atoms with van der Waals surface area (Å²) < 4.78 is 44.0. The maximum absolute atomic E-state index is 12.9. The molecule has 4 rings (SSSR count). The van der Waals surface area contributed by atoms with Gasteiger partial charge in [0.05, 0.1) is 30.0 Å². The van der Waals surface area contributed by atoms with E-state index in [1.165, 1.54) is 25.4 Å². The molecule has 2 aromatic heterocycles. The van der Waals surface area contributed by atoms with Crippen molar-refractivity contribution in [3.8, 4) is 11.6 Å². The third kappa shape index (κ3) is 5.29. The third-order valence-corrected chi connectivity index (χ3v) is 6.01. The highest BCUT2D eigenvalue weighted by Gasteiger charge is 2.33. The summed E-state index contributed by atoms with van der Waals surface area (Å²) in [6.07, 6.45) is -3.45. The van der Waals surface area contributed by atoms with Crippen LogP contribution in [0, 0.1) is 13.8 Å². The minimum Gasteiger partial charge on any atom is -0.493 e. The fourth-order valence-corrected chi connectivity index (χ4v) is 4.24. The number of imidazole rings is 1. The number of fused-ring (bicyclic) bond motifs is 1. The Hall–Kier alpha value is -4.46. The Kier molecular flexibility index (Phi) is 6.84. The van der Waals surface area contributed by atoms with Gasteiger partial charge >= 0.3 is 12.1 Å². The van der Waals surface area contributed by atoms with Crippen LogP contribution in [0.25, 0.3) is 11.6 Å². The van der Waals surface area contributed by atoms with Crippen LogP contribution in [0.2, 0.25) is 0 Å². The molecule has 1 aliphatic heterocycles. The number of anilines is 1. The number of nitrogens with zero attached hydrogens (tertiary/aromatic N) is 2. The zero-order valence-electron chi connectivity index (χ0n) is 20.4. The Labute approximate surface area is 213 Å². The van der Waals surface area contributed by atoms with Crippen molar-refractivity contribution in [1.82, 2.24) is 19.4 Å². The number of halogens is 3. The van der Waals surface area contributed by atoms with Crippen molar-refractivity contribution in [2.24, 2.45) is 7.05 Å². The number of ether oxygens (including phenoxy) is 1. The lowest BCUT2D eigenvalue weighted by Crippen LogP contribution is -2.37. The number of H-pyrrole nitrogens is 1. The quantitative estimate of drug-likeness (QED) is 0.292. The number of alkyl halides is 3. The van der Waals surface area contributed by atoms with Crippen LogP contribution in [0.4, 0.5) is 18.9 Å². The van der Waals surface area contributed by atoms with E-state index in [1.807, 2.05) is 0 Å². The third-order valence-electron chi connectivity index (χ3n) is 6.01. The molecule has 0 saturated carbocycles. The number of rotatable bonds is 7. The van der Waals surface area contributed by atoms with Crippen molar-refractivity contribution >= 4 is 29.2 Å². The van der Waals surface area contributed by atoms with Crippen LogP contribution in [0.15, 0.2) is 29.2 Å². The number of aryl methyl sites for hydroxylation is 2. The van der Waals surface area contributed by atoms with Crippen molar-refractivity contribution in [3.05, 3.63) is 63.0 Å². The Morgan fingerprint density at radius 2 is 1.97 bits per heavy atom. The van der Waals surface area contributed by atoms with Gasteiger partial charge in [-0.25, -0.2) is 4.79 Å². The van der Waals surface area contributed by atoms with Gasteiger partial charge in [-0.1, -0.05) is 0 Å². The smallest absolute Gasteiger partial charge is 0.493 e. The number of benzene rings is 1. The standard InChI is InChI=1S/C24H24F3N5O6/c1-11-18(7-16-15-6-14(38-24(25,26)27)4-5-17(15)30-21(16)35)29-12(2)20(11)22(36)28-8-13(33)9-32-19(34)10-31(3)23(32)37/h4-7,10,13,29,33-34H,8-9H2,1-3H3,(H,28,36)(H,30,35). The highest BCUT2D eigenvalue weighted by molar-refractivity contribution is 6.35. The van der Waals surface area contributed by atoms with Crippen LogP contribution in [-0.2, 0) is 18.4 Å². The number of hydrogen-bond donors (Lipinski definition) is 5. The molecule has 0 fully saturated rings. The van der Waals surface area contributed by atoms with Gasteiger partial charge in [0.1, 0.15) is 5.75 Å². The van der Waals surface area contributed by atoms with Crippen LogP contribution < -0.4 is 21.1 Å². The first-order valence-corrected chi connectivity index (χ1v) is 11.3. The maximum atomic E-state index is 12.9. The lowest BCUT2D eigenvalue weighted by Gasteiger charge is -2.13. The molecule has 1 aliphatic rings. The molecule has 2 amide bonds. The van der Waals surface area contributed by atoms with Crippen molar-refractivity contribution in [3.63, 3.8) is 0 Å². The van der Waals surface area contributed by atoms with E-state index >= 15 is 0 Å². The van der Waals surface area contributed by atoms with Crippen LogP contribution >= 0.6 is 0 Å². The van der Waals surface area contributed by atoms with E-state index in [1.54, 1.807) is 13.8 Å². The number of amides is 2. The Balaban J connectivity index is 1.53. The Morgan fingerprint density at radius 3 is 2.61 bits per heavy atom. The summed E-state index contributed by atoms with van der Waals surface area (Å²) in [7, 11) is 1.44. The molecule has 0 bridgehead atoms. The minimum absolute atomic E-state index is 0.0764. The summed E-state index contributed by atoms with van der Waals surface area (Å²) >= 11 is 0. The van der Waals surface area contributed by atoms with Gasteiger partial charge in [-0.15, -0.1) is 13.2 Å². The zero-order valence-corrected chi connectivity index (χ0v) is 20.4. The molecular formula is C24H24F3N5O6. The number of aromatic nitrogens is 3. The highest BCUT2D eigenvalue weighted by atomic mass is 19.4. The van der Waals surface area contributed by atoms with E-state index < -0.39 is 35.7 Å². The van der Waals surface area contributed by atoms with Gasteiger partial charge in [-0.2, -0.15) is 0 Å². The fourth-order valence-electron chi connectivity index (χ4n) is 4.24. The molecular weight excluding hydrogens is 511 g/mol. The SMILES string of the molecule is Cc1[nH]c(C=C2C(=O)Nc3ccc(OC(F)(F)F)cc32)c(C)c1C(=O)NCC(O)Cn1c(O)cn(C)c1=O. The van der Waals surface area contributed by atoms with Crippen LogP contribution in [0.1, 0.15) is 32.9 Å². The van der Waals surface area contributed by atoms with Crippen molar-refractivity contribution in [2.75, 3.05) is 11.9 Å². The molecule has 0 aliphatic carbocycles. The maximum Gasteiger partial charge on any atom is 0.573 e. The number of aromatic hydroxyl groups is 1. The average molecular weight is 535 g/mol. The molecule has 3 heterocycles. The topological polar surface area (TPSA) is 151 Å². The molecule has 1 atom stereocenters. The van der Waals surface area contributed by atoms with Gasteiger partial charge in [-0.05, 0) is 43.7 Å². The second-order valence-electron chi connectivity index (χ2n) is 8.79. The zero-order chi connectivity index (χ0) is 27.9. The van der Waals surface area contributed by atoms with Gasteiger partial charge < -0.3 is 30.6 Å². The summed E-state index contributed by atoms with van der Waals surface area (Å²) in [5.74, 6) is -1.89. The molecule has 11 nitrogen and oxygen atoms in total. The number of aliphatic hydroxyl groups is 1. The number of carbonyl (C=O) groups excluding carboxylic acids is 2. The number of aromatic amines is 1. The van der Waals surface area contributed by atoms with Gasteiger partial charge in [0.25, 0.3) is 11.8 Å². The summed E-state index contributed by atoms with van der Waals surface area (Å²) in [4.78, 5) is 40.4. The molecule has 202 valence electrons. The molecule has 1 unspecified atom stereocenters. The summed E-state index contributed by atoms with van der Waals surface area (Å²) in [5.41, 5.74) is 1.61. The summed E-state index contributed by atoms with van der Waals surface area (Å²) in [6.45, 7) is 2.78. The normalized spacial score (nSPS) is 14.9. The van der Waals surface area contributed by atoms with Crippen molar-refractivity contribution in [2.45, 2.75) is 32.9 Å². The molecule has 0 spiro atoms. The van der Waals surface area contributed by atoms with Crippen molar-refractivity contribution < 1.29 is 37.7 Å². The van der Waals surface area contributed by atoms with Crippen LogP contribution in [-0.4, -0.2) is 55.2 Å². The fraction of sp³-hybridized carbons (Fsp3) is 0.292. The monoisotopic (exact) mass is 535 g/mol. The van der Waals surface area contributed by atoms with Gasteiger partial charge in [-0.3, -0.25) is 18.7 Å². The molecule has 5 N–H and O–H groups in total. The minimum atomic E-state index is -4.89. The number of hydrogen-bond acceptors (Lipinski definition) is 6. The van der Waals surface area contributed by atoms with Crippen LogP contribution in [0.5, 0.6) is 11.6 Å². The Bertz CT molecular complexity index is 1510. The Morgan fingerprint density at radius 1 is 1.26 bits per heavy atom. The van der Waals surface area contributed by atoms with Gasteiger partial charge in [0.2, 0.25) is 5.88 Å². The summed E-state index contributed by atoms with van der Waals surface area (Å²) in [6, 6.07) is 3.49. The molecule has 38 heavy (non-hydrogen) atoms. The predicted molar refractivity (Wildman–Crippen MR) is 130 cm³/mol. The lowest BCUT2D eigenvalue weighted by atomic mass is 10.0. The number of carbonyl (C=O) groups is 2. The second-order valence-corrected chi connectivity index (χ2v) is 8.79. The van der Waals surface area contributed by atoms with Crippen molar-refractivity contribution in [1.29, 1.82) is 0 Å². The molecule has 1 aromatic carbocycles. The van der Waals surface area contributed by atoms with E-state index in [0.717, 1.165) is 21.3 Å². The van der Waals surface area contributed by atoms with E-state index in [0.29, 0.717) is 22.6 Å². The number of aliphatic hydroxyl groups excluding tert-OH is 1. The largest absolute Gasteiger partial charge is 0.573 e. The molecule has 0 radical (unpaired) electrons. The van der Waals surface area contributed by atoms with Gasteiger partial charge in [0.15, 0.2) is 0 Å². The van der Waals surface area contributed by atoms with E-state index in [4.69, 9.17) is 0 Å². The van der Waals surface area contributed by atoms with Gasteiger partial charge in [0, 0.05) is 36.2 Å². The second kappa shape index (κ2) is 9.78. The number of nitrogens with one attached hydrogen (secondary N) is 3. The highest BCUT2D eigenvalue weighted by Crippen LogP contribution is 2.37. The predicted octanol–water partition coefficient (Wildman–Crippen LogP) is 2.02. The lowest BCUT2D eigenvalue weighted by molar-refractivity contribution is -0.274. The van der Waals surface area contributed by atoms with E-state index in [2.05, 4.69) is 20.4 Å². The molecule has 3 aromatic rings. The first-order valence-electron chi connectivity index (χ1n) is 11.3. The molecule has 0 saturated heterocycles. The molecule has 14 heteroatoms. The summed E-state index contributed by atoms with van der Waals surface area (Å²) in [5, 5.41) is 25.2. The average Bonchev–Trinajstić information content (AvgIpc) is 3.37. The first-order chi connectivity index (χ1) is 17.7. The van der Waals surface area contributed by atoms with Crippen LogP contribution in [0.3, 0.4) is 0 Å². The van der Waals surface area contributed by atoms with E-state index in [9.17, 15) is 37.8 Å². The first kappa shape index (κ1) is 26.6. The van der Waals surface area contributed by atoms with E-state index in [-0.39, 0.29) is 35.7 Å².